The van der Waals surface area contributed by atoms with E-state index in [1.807, 2.05) is 97.1 Å². The highest BCUT2D eigenvalue weighted by Gasteiger charge is 2.49. The van der Waals surface area contributed by atoms with Crippen molar-refractivity contribution in [3.05, 3.63) is 314 Å². The van der Waals surface area contributed by atoms with E-state index in [1.54, 1.807) is 52.0 Å². The number of ether oxygens (including phenoxy) is 16. The summed E-state index contributed by atoms with van der Waals surface area (Å²) >= 11 is 0. The van der Waals surface area contributed by atoms with Gasteiger partial charge in [0.25, 0.3) is 0 Å². The molecule has 0 spiro atoms. The Labute approximate surface area is 684 Å². The maximum atomic E-state index is 12.2. The normalized spacial score (nSPS) is 11.8. The molecule has 0 aliphatic heterocycles. The molecule has 8 aromatic carbocycles. The van der Waals surface area contributed by atoms with Crippen molar-refractivity contribution in [3.8, 4) is 68.2 Å². The smallest absolute Gasteiger partial charge is 0.333 e. The number of fused-ring (bicyclic) bond motifs is 6. The van der Waals surface area contributed by atoms with Gasteiger partial charge in [0.2, 0.25) is 0 Å². The van der Waals surface area contributed by atoms with Crippen LogP contribution >= 0.6 is 0 Å². The van der Waals surface area contributed by atoms with Gasteiger partial charge in [-0.3, -0.25) is 0 Å². The lowest BCUT2D eigenvalue weighted by Crippen LogP contribution is -2.29. The van der Waals surface area contributed by atoms with Crippen molar-refractivity contribution in [3.63, 3.8) is 0 Å². The second kappa shape index (κ2) is 42.8. The monoisotopic (exact) mass is 1600 g/mol. The van der Waals surface area contributed by atoms with E-state index in [2.05, 4.69) is 101 Å². The van der Waals surface area contributed by atoms with Crippen LogP contribution in [0.3, 0.4) is 0 Å². The van der Waals surface area contributed by atoms with Crippen molar-refractivity contribution in [1.82, 2.24) is 0 Å². The third-order valence-corrected chi connectivity index (χ3v) is 18.1. The Kier molecular flexibility index (Phi) is 31.9. The van der Waals surface area contributed by atoms with E-state index < -0.39 is 58.6 Å². The summed E-state index contributed by atoms with van der Waals surface area (Å²) in [4.78, 5) is 95.2. The molecule has 118 heavy (non-hydrogen) atoms. The van der Waals surface area contributed by atoms with Crippen LogP contribution in [0, 0.1) is 0 Å². The Bertz CT molecular complexity index is 4790. The minimum absolute atomic E-state index is 0.00637. The van der Waals surface area contributed by atoms with Gasteiger partial charge in [-0.1, -0.05) is 174 Å². The quantitative estimate of drug-likeness (QED) is 0.0148. The Morgan fingerprint density at radius 2 is 0.424 bits per heavy atom. The fourth-order valence-electron chi connectivity index (χ4n) is 13.0. The lowest BCUT2D eigenvalue weighted by atomic mass is 9.67. The largest absolute Gasteiger partial charge is 0.486 e. The molecule has 10 rings (SSSR count). The molecule has 0 saturated heterocycles. The number of carbonyl (C=O) groups excluding carboxylic acids is 8. The van der Waals surface area contributed by atoms with Crippen LogP contribution in [0.1, 0.15) is 72.2 Å². The van der Waals surface area contributed by atoms with Gasteiger partial charge in [0.1, 0.15) is 106 Å². The van der Waals surface area contributed by atoms with Crippen molar-refractivity contribution in [1.29, 1.82) is 0 Å². The highest BCUT2D eigenvalue weighted by atomic mass is 16.6. The summed E-state index contributed by atoms with van der Waals surface area (Å²) in [5.74, 6) is -1.68. The van der Waals surface area contributed by atoms with Crippen LogP contribution in [-0.2, 0) is 87.1 Å². The van der Waals surface area contributed by atoms with Gasteiger partial charge in [-0.25, -0.2) is 38.4 Å². The number of hydrogen-bond acceptors (Lipinski definition) is 24. The molecule has 8 aromatic rings. The summed E-state index contributed by atoms with van der Waals surface area (Å²) in [6.07, 6.45) is 4.27. The number of hydrogen-bond donors (Lipinski definition) is 0. The first kappa shape index (κ1) is 87.8. The molecule has 24 heteroatoms. The maximum Gasteiger partial charge on any atom is 0.333 e. The van der Waals surface area contributed by atoms with Crippen LogP contribution in [0.4, 0.5) is 0 Å². The van der Waals surface area contributed by atoms with E-state index in [1.165, 1.54) is 0 Å². The molecule has 0 heterocycles. The van der Waals surface area contributed by atoms with Crippen LogP contribution < -0.4 is 37.9 Å². The highest BCUT2D eigenvalue weighted by Crippen LogP contribution is 2.60. The Morgan fingerprint density at radius 3 is 0.610 bits per heavy atom. The summed E-state index contributed by atoms with van der Waals surface area (Å²) < 4.78 is 90.9. The minimum atomic E-state index is -0.979. The molecule has 0 saturated carbocycles. The van der Waals surface area contributed by atoms with Gasteiger partial charge >= 0.3 is 47.8 Å². The van der Waals surface area contributed by atoms with Crippen LogP contribution in [0.25, 0.3) is 22.3 Å². The van der Waals surface area contributed by atoms with E-state index in [0.717, 1.165) is 91.1 Å². The second-order valence-corrected chi connectivity index (χ2v) is 26.3. The molecule has 0 bridgehead atoms. The van der Waals surface area contributed by atoms with Crippen LogP contribution in [0.2, 0.25) is 0 Å². The van der Waals surface area contributed by atoms with Crippen molar-refractivity contribution >= 4 is 47.8 Å². The Balaban J connectivity index is 0.000000270. The van der Waals surface area contributed by atoms with Crippen molar-refractivity contribution in [2.24, 2.45) is 0 Å². The van der Waals surface area contributed by atoms with Crippen molar-refractivity contribution in [2.75, 3.05) is 106 Å². The predicted octanol–water partition coefficient (Wildman–Crippen LogP) is 14.5. The Hall–Kier alpha value is -14.2. The third-order valence-electron chi connectivity index (χ3n) is 18.1. The summed E-state index contributed by atoms with van der Waals surface area (Å²) in [5.41, 5.74) is 10.2. The van der Waals surface area contributed by atoms with Gasteiger partial charge in [-0.05, 0) is 143 Å². The Morgan fingerprint density at radius 1 is 0.246 bits per heavy atom. The fourth-order valence-corrected chi connectivity index (χ4v) is 13.0. The lowest BCUT2D eigenvalue weighted by Gasteiger charge is -2.34. The topological polar surface area (TPSA) is 284 Å². The number of carbonyl (C=O) groups is 8. The van der Waals surface area contributed by atoms with E-state index in [9.17, 15) is 38.4 Å². The standard InChI is InChI=1S/C49H50O12.C45H42O12/c1-31(2)45(50)58-25-21-54-41-19-17-35(29-43(41)56-23-27-60-47(52)33(5)6)49(39-15-11-9-13-37(39)38-14-10-12-16-40(38)49)36-18-20-42(55-22-26-59-46(51)32(3)4)44(30-36)57-24-28-61-48(53)34(7)8;1-5-41(46)54-25-21-50-37-19-17-31(29-39(37)52-23-27-56-43(48)7-3)45(35-15-11-9-13-33(35)34-14-10-12-16-36(34)45)32-18-20-38(51-22-26-55-42(47)6-2)40(30-32)53-24-28-57-44(49)8-4/h9-20,29-30H,1,3,5,7,21-28H2,2,4,6,8H3;5-20,29-30H,1-4,21-28H2. The highest BCUT2D eigenvalue weighted by molar-refractivity contribution is 5.91. The molecule has 612 valence electrons. The maximum absolute atomic E-state index is 12.2. The third kappa shape index (κ3) is 21.8. The summed E-state index contributed by atoms with van der Waals surface area (Å²) in [7, 11) is 0. The van der Waals surface area contributed by atoms with E-state index in [4.69, 9.17) is 75.8 Å². The number of benzene rings is 8. The average Bonchev–Trinajstić information content (AvgIpc) is 1.53. The zero-order valence-electron chi connectivity index (χ0n) is 66.2. The molecule has 24 nitrogen and oxygen atoms in total. The van der Waals surface area contributed by atoms with E-state index in [0.29, 0.717) is 46.0 Å². The van der Waals surface area contributed by atoms with Gasteiger partial charge < -0.3 is 75.8 Å². The summed E-state index contributed by atoms with van der Waals surface area (Å²) in [6.45, 7) is 34.1. The molecule has 0 aromatic heterocycles. The molecule has 0 unspecified atom stereocenters. The fraction of sp³-hybridized carbons (Fsp3) is 0.234. The first-order valence-electron chi connectivity index (χ1n) is 37.5. The van der Waals surface area contributed by atoms with E-state index >= 15 is 0 Å². The minimum Gasteiger partial charge on any atom is -0.486 e. The molecule has 0 radical (unpaired) electrons. The molecule has 0 atom stereocenters. The predicted molar refractivity (Wildman–Crippen MR) is 439 cm³/mol. The zero-order valence-corrected chi connectivity index (χ0v) is 66.2. The molecular weight excluding hydrogens is 1510 g/mol. The lowest BCUT2D eigenvalue weighted by molar-refractivity contribution is -0.140. The number of esters is 8. The summed E-state index contributed by atoms with van der Waals surface area (Å²) in [6, 6.07) is 54.8. The van der Waals surface area contributed by atoms with Crippen molar-refractivity contribution in [2.45, 2.75) is 38.5 Å². The molecule has 2 aliphatic rings. The zero-order chi connectivity index (χ0) is 84.7. The molecule has 0 fully saturated rings. The van der Waals surface area contributed by atoms with Crippen LogP contribution in [0.15, 0.2) is 269 Å². The van der Waals surface area contributed by atoms with Crippen LogP contribution in [0.5, 0.6) is 46.0 Å². The van der Waals surface area contributed by atoms with E-state index in [-0.39, 0.29) is 128 Å². The van der Waals surface area contributed by atoms with Gasteiger partial charge in [0.15, 0.2) is 46.0 Å². The van der Waals surface area contributed by atoms with Crippen molar-refractivity contribution < 1.29 is 114 Å². The summed E-state index contributed by atoms with van der Waals surface area (Å²) in [5, 5.41) is 0. The van der Waals surface area contributed by atoms with Gasteiger partial charge in [0, 0.05) is 46.6 Å². The van der Waals surface area contributed by atoms with Gasteiger partial charge in [-0.2, -0.15) is 0 Å². The van der Waals surface area contributed by atoms with Crippen LogP contribution in [-0.4, -0.2) is 153 Å². The molecular formula is C94H92O24. The molecule has 0 N–H and O–H groups in total. The average molecular weight is 1610 g/mol. The first-order chi connectivity index (χ1) is 57.0. The SMILES string of the molecule is C=C(C)C(=O)OCCOc1ccc(C2(c3ccc(OCCOC(=O)C(=C)C)c(OCCOC(=O)C(=C)C)c3)c3ccccc3-c3ccccc32)cc1OCCOC(=O)C(=C)C.C=CC(=O)OCCOc1ccc(C2(c3ccc(OCCOC(=O)C=C)c(OCCOC(=O)C=C)c3)c3ccccc3-c3ccccc32)cc1OCCOC(=O)C=C. The molecule has 2 aliphatic carbocycles. The first-order valence-corrected chi connectivity index (χ1v) is 37.5. The molecule has 0 amide bonds. The number of rotatable bonds is 44. The van der Waals surface area contributed by atoms with Gasteiger partial charge in [-0.15, -0.1) is 0 Å². The van der Waals surface area contributed by atoms with Gasteiger partial charge in [0.05, 0.1) is 10.8 Å². The second-order valence-electron chi connectivity index (χ2n) is 26.3.